The average Bonchev–Trinajstić information content (AvgIpc) is 2.32. The average molecular weight is 306 g/mol. The molecule has 4 heteroatoms. The Kier molecular flexibility index (Phi) is 3.67. The van der Waals surface area contributed by atoms with E-state index in [1.54, 1.807) is 18.2 Å². The van der Waals surface area contributed by atoms with Crippen LogP contribution in [0, 0.1) is 6.92 Å². The van der Waals surface area contributed by atoms with Gasteiger partial charge in [0.25, 0.3) is 0 Å². The van der Waals surface area contributed by atoms with Gasteiger partial charge in [0, 0.05) is 10.0 Å². The van der Waals surface area contributed by atoms with Crippen LogP contribution in [0.3, 0.4) is 0 Å². The Morgan fingerprint density at radius 3 is 2.28 bits per heavy atom. The van der Waals surface area contributed by atoms with Crippen molar-refractivity contribution in [3.63, 3.8) is 0 Å². The van der Waals surface area contributed by atoms with Crippen molar-refractivity contribution in [1.29, 1.82) is 0 Å². The number of rotatable bonds is 3. The van der Waals surface area contributed by atoms with Crippen LogP contribution in [0.1, 0.15) is 15.9 Å². The molecule has 92 valence electrons. The normalized spacial score (nSPS) is 10.1. The monoisotopic (exact) mass is 305 g/mol. The number of nitrogens with two attached hydrogens (primary N) is 1. The van der Waals surface area contributed by atoms with E-state index in [-0.39, 0.29) is 0 Å². The summed E-state index contributed by atoms with van der Waals surface area (Å²) >= 11 is 3.36. The third-order valence-corrected chi connectivity index (χ3v) is 3.04. The molecule has 0 saturated heterocycles. The van der Waals surface area contributed by atoms with Gasteiger partial charge in [0.15, 0.2) is 0 Å². The minimum atomic E-state index is -0.428. The second-order valence-electron chi connectivity index (χ2n) is 3.90. The maximum atomic E-state index is 11.1. The number of carbonyl (C=O) groups is 1. The number of halogens is 1. The molecular weight excluding hydrogens is 294 g/mol. The summed E-state index contributed by atoms with van der Waals surface area (Å²) < 4.78 is 6.67. The molecule has 0 fully saturated rings. The number of hydrogen-bond acceptors (Lipinski definition) is 2. The molecule has 2 rings (SSSR count). The molecule has 0 unspecified atom stereocenters. The Morgan fingerprint density at radius 2 is 1.72 bits per heavy atom. The van der Waals surface area contributed by atoms with Crippen molar-refractivity contribution in [2.24, 2.45) is 5.73 Å². The zero-order valence-corrected chi connectivity index (χ0v) is 11.4. The Balaban J connectivity index is 2.22. The van der Waals surface area contributed by atoms with Crippen molar-refractivity contribution < 1.29 is 9.53 Å². The van der Waals surface area contributed by atoms with Gasteiger partial charge in [0.05, 0.1) is 0 Å². The van der Waals surface area contributed by atoms with E-state index in [0.29, 0.717) is 11.3 Å². The molecule has 18 heavy (non-hydrogen) atoms. The molecule has 0 atom stereocenters. The van der Waals surface area contributed by atoms with Crippen LogP contribution < -0.4 is 10.5 Å². The second-order valence-corrected chi connectivity index (χ2v) is 4.81. The predicted molar refractivity (Wildman–Crippen MR) is 73.9 cm³/mol. The molecule has 0 radical (unpaired) electrons. The van der Waals surface area contributed by atoms with Crippen LogP contribution in [0.25, 0.3) is 0 Å². The summed E-state index contributed by atoms with van der Waals surface area (Å²) in [5.41, 5.74) is 6.56. The first-order chi connectivity index (χ1) is 8.56. The first-order valence-electron chi connectivity index (χ1n) is 5.40. The minimum absolute atomic E-state index is 0.428. The third kappa shape index (κ3) is 2.90. The van der Waals surface area contributed by atoms with Crippen molar-refractivity contribution in [3.8, 4) is 11.5 Å². The zero-order valence-electron chi connectivity index (χ0n) is 9.81. The van der Waals surface area contributed by atoms with Gasteiger partial charge in [-0.05, 0) is 55.0 Å². The standard InChI is InChI=1S/C14H12BrNO2/c1-9-8-12(6-7-13(9)14(16)17)18-11-4-2-10(15)3-5-11/h2-8H,1H3,(H2,16,17). The van der Waals surface area contributed by atoms with Crippen LogP contribution in [0.15, 0.2) is 46.9 Å². The van der Waals surface area contributed by atoms with Crippen LogP contribution in [-0.2, 0) is 0 Å². The molecule has 3 nitrogen and oxygen atoms in total. The number of ether oxygens (including phenoxy) is 1. The fraction of sp³-hybridized carbons (Fsp3) is 0.0714. The first kappa shape index (κ1) is 12.6. The second kappa shape index (κ2) is 5.23. The Hall–Kier alpha value is -1.81. The highest BCUT2D eigenvalue weighted by atomic mass is 79.9. The molecule has 1 amide bonds. The molecule has 2 aromatic rings. The van der Waals surface area contributed by atoms with Crippen molar-refractivity contribution in [3.05, 3.63) is 58.1 Å². The Labute approximate surface area is 114 Å². The van der Waals surface area contributed by atoms with Crippen LogP contribution in [0.2, 0.25) is 0 Å². The molecule has 0 aliphatic heterocycles. The van der Waals surface area contributed by atoms with E-state index in [1.165, 1.54) is 0 Å². The predicted octanol–water partition coefficient (Wildman–Crippen LogP) is 3.65. The minimum Gasteiger partial charge on any atom is -0.457 e. The lowest BCUT2D eigenvalue weighted by atomic mass is 10.1. The maximum Gasteiger partial charge on any atom is 0.248 e. The van der Waals surface area contributed by atoms with E-state index in [4.69, 9.17) is 10.5 Å². The Morgan fingerprint density at radius 1 is 1.11 bits per heavy atom. The fourth-order valence-corrected chi connectivity index (χ4v) is 1.88. The first-order valence-corrected chi connectivity index (χ1v) is 6.19. The lowest BCUT2D eigenvalue weighted by Crippen LogP contribution is -2.12. The summed E-state index contributed by atoms with van der Waals surface area (Å²) in [5.74, 6) is 0.993. The molecule has 0 saturated carbocycles. The molecule has 0 aliphatic rings. The highest BCUT2D eigenvalue weighted by Crippen LogP contribution is 2.25. The van der Waals surface area contributed by atoms with Crippen molar-refractivity contribution in [1.82, 2.24) is 0 Å². The number of hydrogen-bond donors (Lipinski definition) is 1. The number of amides is 1. The lowest BCUT2D eigenvalue weighted by Gasteiger charge is -2.08. The van der Waals surface area contributed by atoms with Gasteiger partial charge < -0.3 is 10.5 Å². The molecule has 0 aromatic heterocycles. The number of carbonyl (C=O) groups excluding carboxylic acids is 1. The van der Waals surface area contributed by atoms with Crippen LogP contribution in [-0.4, -0.2) is 5.91 Å². The fourth-order valence-electron chi connectivity index (χ4n) is 1.61. The van der Waals surface area contributed by atoms with E-state index in [0.717, 1.165) is 15.8 Å². The van der Waals surface area contributed by atoms with Gasteiger partial charge in [0.2, 0.25) is 5.91 Å². The highest BCUT2D eigenvalue weighted by molar-refractivity contribution is 9.10. The van der Waals surface area contributed by atoms with Gasteiger partial charge in [-0.3, -0.25) is 4.79 Å². The zero-order chi connectivity index (χ0) is 13.1. The molecule has 0 aliphatic carbocycles. The van der Waals surface area contributed by atoms with Crippen LogP contribution >= 0.6 is 15.9 Å². The SMILES string of the molecule is Cc1cc(Oc2ccc(Br)cc2)ccc1C(N)=O. The van der Waals surface area contributed by atoms with E-state index < -0.39 is 5.91 Å². The highest BCUT2D eigenvalue weighted by Gasteiger charge is 2.06. The summed E-state index contributed by atoms with van der Waals surface area (Å²) in [5, 5.41) is 0. The number of aryl methyl sites for hydroxylation is 1. The molecule has 0 bridgehead atoms. The molecule has 2 N–H and O–H groups in total. The van der Waals surface area contributed by atoms with E-state index in [2.05, 4.69) is 15.9 Å². The maximum absolute atomic E-state index is 11.1. The smallest absolute Gasteiger partial charge is 0.248 e. The summed E-state index contributed by atoms with van der Waals surface area (Å²) in [6.07, 6.45) is 0. The van der Waals surface area contributed by atoms with Gasteiger partial charge in [0.1, 0.15) is 11.5 Å². The van der Waals surface area contributed by atoms with E-state index in [1.807, 2.05) is 31.2 Å². The van der Waals surface area contributed by atoms with Crippen molar-refractivity contribution in [2.75, 3.05) is 0 Å². The molecule has 0 spiro atoms. The van der Waals surface area contributed by atoms with E-state index >= 15 is 0 Å². The number of primary amides is 1. The van der Waals surface area contributed by atoms with Crippen molar-refractivity contribution in [2.45, 2.75) is 6.92 Å². The third-order valence-electron chi connectivity index (χ3n) is 2.51. The summed E-state index contributed by atoms with van der Waals surface area (Å²) in [6.45, 7) is 1.83. The molecular formula is C14H12BrNO2. The van der Waals surface area contributed by atoms with Crippen LogP contribution in [0.4, 0.5) is 0 Å². The van der Waals surface area contributed by atoms with E-state index in [9.17, 15) is 4.79 Å². The number of benzene rings is 2. The summed E-state index contributed by atoms with van der Waals surface area (Å²) in [7, 11) is 0. The van der Waals surface area contributed by atoms with Crippen molar-refractivity contribution >= 4 is 21.8 Å². The molecule has 0 heterocycles. The van der Waals surface area contributed by atoms with Gasteiger partial charge in [-0.2, -0.15) is 0 Å². The van der Waals surface area contributed by atoms with Gasteiger partial charge >= 0.3 is 0 Å². The largest absolute Gasteiger partial charge is 0.457 e. The topological polar surface area (TPSA) is 52.3 Å². The Bertz CT molecular complexity index is 579. The van der Waals surface area contributed by atoms with Crippen LogP contribution in [0.5, 0.6) is 11.5 Å². The van der Waals surface area contributed by atoms with Gasteiger partial charge in [-0.25, -0.2) is 0 Å². The summed E-state index contributed by atoms with van der Waals surface area (Å²) in [4.78, 5) is 11.1. The van der Waals surface area contributed by atoms with Gasteiger partial charge in [-0.1, -0.05) is 15.9 Å². The quantitative estimate of drug-likeness (QED) is 0.941. The molecule has 2 aromatic carbocycles. The summed E-state index contributed by atoms with van der Waals surface area (Å²) in [6, 6.07) is 12.7. The lowest BCUT2D eigenvalue weighted by molar-refractivity contribution is 0.0999. The van der Waals surface area contributed by atoms with Gasteiger partial charge in [-0.15, -0.1) is 0 Å².